The van der Waals surface area contributed by atoms with Crippen LogP contribution in [0.25, 0.3) is 0 Å². The van der Waals surface area contributed by atoms with E-state index in [9.17, 15) is 12.8 Å². The summed E-state index contributed by atoms with van der Waals surface area (Å²) in [5, 5.41) is 2.93. The van der Waals surface area contributed by atoms with Gasteiger partial charge in [-0.1, -0.05) is 6.07 Å². The van der Waals surface area contributed by atoms with Crippen LogP contribution in [0.1, 0.15) is 18.4 Å². The molecule has 0 aromatic heterocycles. The Kier molecular flexibility index (Phi) is 5.32. The first-order valence-corrected chi connectivity index (χ1v) is 8.39. The van der Waals surface area contributed by atoms with Crippen molar-refractivity contribution in [1.82, 2.24) is 9.62 Å². The van der Waals surface area contributed by atoms with Crippen molar-refractivity contribution < 1.29 is 17.5 Å². The van der Waals surface area contributed by atoms with Crippen LogP contribution in [-0.2, 0) is 21.3 Å². The van der Waals surface area contributed by atoms with Crippen LogP contribution >= 0.6 is 0 Å². The maximum atomic E-state index is 14.0. The molecule has 1 heterocycles. The van der Waals surface area contributed by atoms with Crippen LogP contribution in [-0.4, -0.2) is 46.1 Å². The summed E-state index contributed by atoms with van der Waals surface area (Å²) in [4.78, 5) is -0.244. The molecule has 0 aliphatic carbocycles. The van der Waals surface area contributed by atoms with Crippen LogP contribution in [0.2, 0.25) is 0 Å². The number of rotatable bonds is 5. The van der Waals surface area contributed by atoms with Gasteiger partial charge in [-0.25, -0.2) is 12.8 Å². The number of methoxy groups -OCH3 is 1. The predicted molar refractivity (Wildman–Crippen MR) is 78.0 cm³/mol. The lowest BCUT2D eigenvalue weighted by Gasteiger charge is -2.30. The molecule has 0 radical (unpaired) electrons. The van der Waals surface area contributed by atoms with Crippen LogP contribution < -0.4 is 5.32 Å². The molecule has 0 atom stereocenters. The summed E-state index contributed by atoms with van der Waals surface area (Å²) in [6, 6.07) is 4.20. The molecule has 1 aliphatic heterocycles. The third-order valence-corrected chi connectivity index (χ3v) is 5.64. The van der Waals surface area contributed by atoms with Crippen molar-refractivity contribution in [2.24, 2.45) is 0 Å². The van der Waals surface area contributed by atoms with Gasteiger partial charge in [0.15, 0.2) is 0 Å². The monoisotopic (exact) mass is 316 g/mol. The fraction of sp³-hybridized carbons (Fsp3) is 0.571. The molecule has 21 heavy (non-hydrogen) atoms. The molecule has 0 bridgehead atoms. The van der Waals surface area contributed by atoms with Gasteiger partial charge in [-0.2, -0.15) is 4.31 Å². The average molecular weight is 316 g/mol. The molecule has 7 heteroatoms. The molecule has 5 nitrogen and oxygen atoms in total. The number of hydrogen-bond acceptors (Lipinski definition) is 4. The van der Waals surface area contributed by atoms with E-state index in [1.54, 1.807) is 20.2 Å². The zero-order chi connectivity index (χ0) is 15.5. The molecule has 1 saturated heterocycles. The minimum atomic E-state index is -3.79. The van der Waals surface area contributed by atoms with E-state index in [1.807, 2.05) is 0 Å². The Labute approximate surface area is 125 Å². The van der Waals surface area contributed by atoms with E-state index in [0.29, 0.717) is 32.5 Å². The fourth-order valence-electron chi connectivity index (χ4n) is 2.51. The summed E-state index contributed by atoms with van der Waals surface area (Å²) in [6.45, 7) is 1.21. The third kappa shape index (κ3) is 3.60. The van der Waals surface area contributed by atoms with Crippen molar-refractivity contribution in [2.75, 3.05) is 27.2 Å². The molecule has 0 amide bonds. The average Bonchev–Trinajstić information content (AvgIpc) is 2.49. The SMILES string of the molecule is CNCc1ccc(F)c(S(=O)(=O)N2CCC(OC)CC2)c1. The van der Waals surface area contributed by atoms with Gasteiger partial charge in [0.2, 0.25) is 10.0 Å². The van der Waals surface area contributed by atoms with E-state index in [-0.39, 0.29) is 11.0 Å². The Morgan fingerprint density at radius 3 is 2.62 bits per heavy atom. The summed E-state index contributed by atoms with van der Waals surface area (Å²) in [6.07, 6.45) is 1.35. The molecule has 2 rings (SSSR count). The van der Waals surface area contributed by atoms with Crippen LogP contribution in [0.4, 0.5) is 4.39 Å². The summed E-state index contributed by atoms with van der Waals surface area (Å²) >= 11 is 0. The van der Waals surface area contributed by atoms with Gasteiger partial charge in [-0.05, 0) is 37.6 Å². The third-order valence-electron chi connectivity index (χ3n) is 3.73. The van der Waals surface area contributed by atoms with Crippen molar-refractivity contribution in [1.29, 1.82) is 0 Å². The first kappa shape index (κ1) is 16.4. The van der Waals surface area contributed by atoms with Gasteiger partial charge in [-0.3, -0.25) is 0 Å². The Bertz CT molecular complexity index is 584. The van der Waals surface area contributed by atoms with Gasteiger partial charge >= 0.3 is 0 Å². The highest BCUT2D eigenvalue weighted by atomic mass is 32.2. The van der Waals surface area contributed by atoms with Gasteiger partial charge < -0.3 is 10.1 Å². The van der Waals surface area contributed by atoms with Gasteiger partial charge in [0.1, 0.15) is 10.7 Å². The molecule has 0 spiro atoms. The lowest BCUT2D eigenvalue weighted by atomic mass is 10.1. The number of ether oxygens (including phenoxy) is 1. The second kappa shape index (κ2) is 6.83. The van der Waals surface area contributed by atoms with Crippen molar-refractivity contribution in [2.45, 2.75) is 30.4 Å². The largest absolute Gasteiger partial charge is 0.381 e. The summed E-state index contributed by atoms with van der Waals surface area (Å²) in [5.41, 5.74) is 0.740. The summed E-state index contributed by atoms with van der Waals surface area (Å²) < 4.78 is 45.7. The minimum Gasteiger partial charge on any atom is -0.381 e. The zero-order valence-electron chi connectivity index (χ0n) is 12.3. The quantitative estimate of drug-likeness (QED) is 0.891. The second-order valence-electron chi connectivity index (χ2n) is 5.13. The van der Waals surface area contributed by atoms with Gasteiger partial charge in [0.05, 0.1) is 6.10 Å². The Morgan fingerprint density at radius 2 is 2.05 bits per heavy atom. The highest BCUT2D eigenvalue weighted by Gasteiger charge is 2.31. The van der Waals surface area contributed by atoms with E-state index >= 15 is 0 Å². The van der Waals surface area contributed by atoms with E-state index in [4.69, 9.17) is 4.74 Å². The fourth-order valence-corrected chi connectivity index (χ4v) is 4.09. The van der Waals surface area contributed by atoms with Crippen molar-refractivity contribution >= 4 is 10.0 Å². The zero-order valence-corrected chi connectivity index (χ0v) is 13.1. The van der Waals surface area contributed by atoms with Crippen LogP contribution in [0.3, 0.4) is 0 Å². The first-order valence-electron chi connectivity index (χ1n) is 6.95. The number of piperidine rings is 1. The van der Waals surface area contributed by atoms with Crippen LogP contribution in [0.5, 0.6) is 0 Å². The van der Waals surface area contributed by atoms with Gasteiger partial charge in [-0.15, -0.1) is 0 Å². The highest BCUT2D eigenvalue weighted by Crippen LogP contribution is 2.24. The first-order chi connectivity index (χ1) is 9.98. The molecular formula is C14H21FN2O3S. The van der Waals surface area contributed by atoms with Crippen LogP contribution in [0.15, 0.2) is 23.1 Å². The topological polar surface area (TPSA) is 58.6 Å². The van der Waals surface area contributed by atoms with Crippen LogP contribution in [0, 0.1) is 5.82 Å². The van der Waals surface area contributed by atoms with Crippen molar-refractivity contribution in [3.8, 4) is 0 Å². The maximum Gasteiger partial charge on any atom is 0.245 e. The van der Waals surface area contributed by atoms with E-state index in [1.165, 1.54) is 16.4 Å². The lowest BCUT2D eigenvalue weighted by molar-refractivity contribution is 0.0604. The number of nitrogens with one attached hydrogen (secondary N) is 1. The van der Waals surface area contributed by atoms with Crippen molar-refractivity contribution in [3.05, 3.63) is 29.6 Å². The number of sulfonamides is 1. The molecule has 0 unspecified atom stereocenters. The van der Waals surface area contributed by atoms with Gasteiger partial charge in [0, 0.05) is 26.7 Å². The number of nitrogens with zero attached hydrogens (tertiary/aromatic N) is 1. The summed E-state index contributed by atoms with van der Waals surface area (Å²) in [5.74, 6) is -0.705. The Balaban J connectivity index is 2.25. The van der Waals surface area contributed by atoms with E-state index in [0.717, 1.165) is 5.56 Å². The molecule has 1 N–H and O–H groups in total. The highest BCUT2D eigenvalue weighted by molar-refractivity contribution is 7.89. The molecule has 0 saturated carbocycles. The Morgan fingerprint density at radius 1 is 1.38 bits per heavy atom. The standard InChI is InChI=1S/C14H21FN2O3S/c1-16-10-11-3-4-13(15)14(9-11)21(18,19)17-7-5-12(20-2)6-8-17/h3-4,9,12,16H,5-8,10H2,1-2H3. The van der Waals surface area contributed by atoms with Gasteiger partial charge in [0.25, 0.3) is 0 Å². The van der Waals surface area contributed by atoms with E-state index < -0.39 is 15.8 Å². The minimum absolute atomic E-state index is 0.0805. The molecule has 1 aromatic carbocycles. The van der Waals surface area contributed by atoms with E-state index in [2.05, 4.69) is 5.32 Å². The normalized spacial score (nSPS) is 18.0. The molecule has 118 valence electrons. The molecule has 1 aliphatic rings. The lowest BCUT2D eigenvalue weighted by Crippen LogP contribution is -2.40. The number of halogens is 1. The van der Waals surface area contributed by atoms with Crippen molar-refractivity contribution in [3.63, 3.8) is 0 Å². The number of benzene rings is 1. The molecule has 1 aromatic rings. The Hall–Kier alpha value is -1.02. The molecule has 1 fully saturated rings. The number of hydrogen-bond donors (Lipinski definition) is 1. The second-order valence-corrected chi connectivity index (χ2v) is 7.04. The maximum absolute atomic E-state index is 14.0. The smallest absolute Gasteiger partial charge is 0.245 e. The summed E-state index contributed by atoms with van der Waals surface area (Å²) in [7, 11) is -0.412. The predicted octanol–water partition coefficient (Wildman–Crippen LogP) is 1.34. The molecular weight excluding hydrogens is 295 g/mol.